The number of carbonyl (C=O) groups excluding carboxylic acids is 1. The molecule has 0 saturated carbocycles. The SMILES string of the molecule is CC1=CC(=O)O[C@@H]1Cc1ccncc1. The number of pyridine rings is 1. The number of ether oxygens (including phenoxy) is 1. The maximum Gasteiger partial charge on any atom is 0.331 e. The molecule has 1 aromatic rings. The minimum Gasteiger partial charge on any atom is -0.454 e. The molecular formula is C11H11NO2. The van der Waals surface area contributed by atoms with Crippen LogP contribution < -0.4 is 0 Å². The van der Waals surface area contributed by atoms with Crippen LogP contribution in [-0.4, -0.2) is 17.1 Å². The van der Waals surface area contributed by atoms with E-state index >= 15 is 0 Å². The van der Waals surface area contributed by atoms with Crippen molar-refractivity contribution in [2.45, 2.75) is 19.4 Å². The quantitative estimate of drug-likeness (QED) is 0.662. The number of rotatable bonds is 2. The summed E-state index contributed by atoms with van der Waals surface area (Å²) >= 11 is 0. The molecule has 0 N–H and O–H groups in total. The molecule has 0 radical (unpaired) electrons. The Kier molecular flexibility index (Phi) is 2.31. The van der Waals surface area contributed by atoms with Crippen LogP contribution in [0.4, 0.5) is 0 Å². The van der Waals surface area contributed by atoms with Crippen LogP contribution in [0.3, 0.4) is 0 Å². The van der Waals surface area contributed by atoms with E-state index in [-0.39, 0.29) is 12.1 Å². The van der Waals surface area contributed by atoms with E-state index in [9.17, 15) is 4.79 Å². The normalized spacial score (nSPS) is 20.5. The van der Waals surface area contributed by atoms with Gasteiger partial charge < -0.3 is 4.74 Å². The second-order valence-electron chi connectivity index (χ2n) is 3.37. The average Bonchev–Trinajstić information content (AvgIpc) is 2.47. The van der Waals surface area contributed by atoms with Gasteiger partial charge in [0.1, 0.15) is 6.10 Å². The van der Waals surface area contributed by atoms with Crippen molar-refractivity contribution in [1.29, 1.82) is 0 Å². The molecular weight excluding hydrogens is 178 g/mol. The molecule has 72 valence electrons. The maximum absolute atomic E-state index is 10.9. The predicted octanol–water partition coefficient (Wildman–Crippen LogP) is 1.50. The number of nitrogens with zero attached hydrogens (tertiary/aromatic N) is 1. The molecule has 2 rings (SSSR count). The van der Waals surface area contributed by atoms with Crippen molar-refractivity contribution in [2.24, 2.45) is 0 Å². The van der Waals surface area contributed by atoms with Crippen molar-refractivity contribution in [1.82, 2.24) is 4.98 Å². The van der Waals surface area contributed by atoms with Gasteiger partial charge in [0, 0.05) is 24.9 Å². The van der Waals surface area contributed by atoms with Gasteiger partial charge in [0.15, 0.2) is 0 Å². The number of esters is 1. The predicted molar refractivity (Wildman–Crippen MR) is 51.6 cm³/mol. The topological polar surface area (TPSA) is 39.2 Å². The number of hydrogen-bond acceptors (Lipinski definition) is 3. The van der Waals surface area contributed by atoms with Crippen molar-refractivity contribution in [2.75, 3.05) is 0 Å². The van der Waals surface area contributed by atoms with Gasteiger partial charge in [0.25, 0.3) is 0 Å². The summed E-state index contributed by atoms with van der Waals surface area (Å²) in [5, 5.41) is 0. The van der Waals surface area contributed by atoms with Crippen LogP contribution in [0.2, 0.25) is 0 Å². The van der Waals surface area contributed by atoms with Crippen LogP contribution >= 0.6 is 0 Å². The van der Waals surface area contributed by atoms with E-state index in [1.165, 1.54) is 0 Å². The smallest absolute Gasteiger partial charge is 0.331 e. The van der Waals surface area contributed by atoms with Gasteiger partial charge in [-0.3, -0.25) is 4.98 Å². The fraction of sp³-hybridized carbons (Fsp3) is 0.273. The molecule has 0 aromatic carbocycles. The summed E-state index contributed by atoms with van der Waals surface area (Å²) in [6, 6.07) is 3.86. The van der Waals surface area contributed by atoms with Gasteiger partial charge in [-0.1, -0.05) is 0 Å². The molecule has 0 bridgehead atoms. The molecule has 0 saturated heterocycles. The number of hydrogen-bond donors (Lipinski definition) is 0. The molecule has 0 spiro atoms. The second-order valence-corrected chi connectivity index (χ2v) is 3.37. The first-order valence-corrected chi connectivity index (χ1v) is 4.53. The highest BCUT2D eigenvalue weighted by molar-refractivity contribution is 5.85. The molecule has 2 heterocycles. The van der Waals surface area contributed by atoms with E-state index in [4.69, 9.17) is 4.74 Å². The van der Waals surface area contributed by atoms with Crippen LogP contribution in [0.5, 0.6) is 0 Å². The number of carbonyl (C=O) groups is 1. The van der Waals surface area contributed by atoms with Gasteiger partial charge in [0.2, 0.25) is 0 Å². The molecule has 1 atom stereocenters. The Labute approximate surface area is 82.4 Å². The summed E-state index contributed by atoms with van der Waals surface area (Å²) in [5.74, 6) is -0.235. The molecule has 3 nitrogen and oxygen atoms in total. The van der Waals surface area contributed by atoms with Crippen molar-refractivity contribution >= 4 is 5.97 Å². The highest BCUT2D eigenvalue weighted by Crippen LogP contribution is 2.18. The van der Waals surface area contributed by atoms with Gasteiger partial charge in [-0.25, -0.2) is 4.79 Å². The standard InChI is InChI=1S/C11H11NO2/c1-8-6-11(13)14-10(8)7-9-2-4-12-5-3-9/h2-6,10H,7H2,1H3/t10-/m1/s1. The van der Waals surface area contributed by atoms with Crippen LogP contribution in [0.1, 0.15) is 12.5 Å². The molecule has 1 aliphatic heterocycles. The van der Waals surface area contributed by atoms with E-state index in [2.05, 4.69) is 4.98 Å². The third-order valence-electron chi connectivity index (χ3n) is 2.28. The Morgan fingerprint density at radius 1 is 1.43 bits per heavy atom. The molecule has 3 heteroatoms. The van der Waals surface area contributed by atoms with Crippen molar-refractivity contribution in [3.8, 4) is 0 Å². The Hall–Kier alpha value is -1.64. The third-order valence-corrected chi connectivity index (χ3v) is 2.28. The van der Waals surface area contributed by atoms with Gasteiger partial charge in [-0.15, -0.1) is 0 Å². The van der Waals surface area contributed by atoms with Crippen molar-refractivity contribution in [3.05, 3.63) is 41.7 Å². The van der Waals surface area contributed by atoms with E-state index in [0.717, 1.165) is 17.6 Å². The second kappa shape index (κ2) is 3.62. The van der Waals surface area contributed by atoms with Gasteiger partial charge in [0.05, 0.1) is 0 Å². The first-order valence-electron chi connectivity index (χ1n) is 4.53. The zero-order valence-corrected chi connectivity index (χ0v) is 7.93. The highest BCUT2D eigenvalue weighted by Gasteiger charge is 2.22. The molecule has 0 amide bonds. The monoisotopic (exact) mass is 189 g/mol. The highest BCUT2D eigenvalue weighted by atomic mass is 16.5. The minimum atomic E-state index is -0.235. The fourth-order valence-electron chi connectivity index (χ4n) is 1.48. The van der Waals surface area contributed by atoms with Crippen LogP contribution in [0.15, 0.2) is 36.2 Å². The zero-order chi connectivity index (χ0) is 9.97. The van der Waals surface area contributed by atoms with Gasteiger partial charge in [-0.2, -0.15) is 0 Å². The number of cyclic esters (lactones) is 1. The summed E-state index contributed by atoms with van der Waals surface area (Å²) in [6.07, 6.45) is 5.67. The minimum absolute atomic E-state index is 0.0927. The Balaban J connectivity index is 2.07. The fourth-order valence-corrected chi connectivity index (χ4v) is 1.48. The van der Waals surface area contributed by atoms with Crippen LogP contribution in [0, 0.1) is 0 Å². The molecule has 1 aliphatic rings. The zero-order valence-electron chi connectivity index (χ0n) is 7.93. The molecule has 1 aromatic heterocycles. The van der Waals surface area contributed by atoms with Gasteiger partial charge >= 0.3 is 5.97 Å². The first-order chi connectivity index (χ1) is 6.75. The van der Waals surface area contributed by atoms with E-state index in [1.807, 2.05) is 19.1 Å². The summed E-state index contributed by atoms with van der Waals surface area (Å²) in [6.45, 7) is 1.91. The van der Waals surface area contributed by atoms with E-state index in [0.29, 0.717) is 0 Å². The average molecular weight is 189 g/mol. The lowest BCUT2D eigenvalue weighted by atomic mass is 10.0. The summed E-state index contributed by atoms with van der Waals surface area (Å²) in [5.41, 5.74) is 2.12. The number of aromatic nitrogens is 1. The molecule has 0 unspecified atom stereocenters. The van der Waals surface area contributed by atoms with Gasteiger partial charge in [-0.05, 0) is 30.2 Å². The van der Waals surface area contributed by atoms with Crippen LogP contribution in [0.25, 0.3) is 0 Å². The first kappa shape index (κ1) is 8.94. The lowest BCUT2D eigenvalue weighted by Crippen LogP contribution is -2.13. The molecule has 0 aliphatic carbocycles. The lowest BCUT2D eigenvalue weighted by Gasteiger charge is -2.11. The lowest BCUT2D eigenvalue weighted by molar-refractivity contribution is -0.138. The van der Waals surface area contributed by atoms with Crippen molar-refractivity contribution < 1.29 is 9.53 Å². The maximum atomic E-state index is 10.9. The molecule has 14 heavy (non-hydrogen) atoms. The summed E-state index contributed by atoms with van der Waals surface area (Å²) < 4.78 is 5.13. The van der Waals surface area contributed by atoms with Crippen LogP contribution in [-0.2, 0) is 16.0 Å². The van der Waals surface area contributed by atoms with E-state index < -0.39 is 0 Å². The Bertz CT molecular complexity index is 370. The van der Waals surface area contributed by atoms with Crippen molar-refractivity contribution in [3.63, 3.8) is 0 Å². The molecule has 0 fully saturated rings. The third kappa shape index (κ3) is 1.82. The Morgan fingerprint density at radius 3 is 2.71 bits per heavy atom. The summed E-state index contributed by atoms with van der Waals surface area (Å²) in [4.78, 5) is 14.9. The Morgan fingerprint density at radius 2 is 2.14 bits per heavy atom. The summed E-state index contributed by atoms with van der Waals surface area (Å²) in [7, 11) is 0. The largest absolute Gasteiger partial charge is 0.454 e. The van der Waals surface area contributed by atoms with E-state index in [1.54, 1.807) is 18.5 Å².